The van der Waals surface area contributed by atoms with Gasteiger partial charge in [0.05, 0.1) is 5.69 Å². The fraction of sp³-hybridized carbons (Fsp3) is 0.0833. The average molecular weight is 208 g/mol. The van der Waals surface area contributed by atoms with Crippen molar-refractivity contribution < 1.29 is 0 Å². The predicted octanol–water partition coefficient (Wildman–Crippen LogP) is 1.45. The van der Waals surface area contributed by atoms with Crippen LogP contribution in [0, 0.1) is 23.7 Å². The maximum absolute atomic E-state index is 8.91. The zero-order chi connectivity index (χ0) is 11.4. The molecule has 0 saturated carbocycles. The Balaban J connectivity index is 2.46. The first kappa shape index (κ1) is 9.95. The minimum Gasteiger partial charge on any atom is -0.264 e. The molecule has 0 spiro atoms. The van der Waals surface area contributed by atoms with Gasteiger partial charge in [-0.15, -0.1) is 6.42 Å². The highest BCUT2D eigenvalue weighted by Gasteiger charge is 2.07. The Morgan fingerprint density at radius 2 is 2.38 bits per heavy atom. The molecule has 0 N–H and O–H groups in total. The summed E-state index contributed by atoms with van der Waals surface area (Å²) in [6, 6.07) is 7.46. The van der Waals surface area contributed by atoms with E-state index in [-0.39, 0.29) is 0 Å². The molecule has 0 saturated heterocycles. The van der Waals surface area contributed by atoms with Gasteiger partial charge in [-0.2, -0.15) is 10.4 Å². The van der Waals surface area contributed by atoms with Crippen LogP contribution < -0.4 is 0 Å². The Bertz CT molecular complexity index is 569. The lowest BCUT2D eigenvalue weighted by Gasteiger charge is -1.95. The van der Waals surface area contributed by atoms with Crippen LogP contribution >= 0.6 is 0 Å². The van der Waals surface area contributed by atoms with Gasteiger partial charge in [0.15, 0.2) is 0 Å². The number of hydrogen-bond acceptors (Lipinski definition) is 3. The number of terminal acetylenes is 1. The van der Waals surface area contributed by atoms with E-state index >= 15 is 0 Å². The third kappa shape index (κ3) is 1.77. The minimum atomic E-state index is 0.295. The summed E-state index contributed by atoms with van der Waals surface area (Å²) in [5, 5.41) is 13.2. The van der Waals surface area contributed by atoms with Crippen LogP contribution in [0.25, 0.3) is 11.3 Å². The minimum absolute atomic E-state index is 0.295. The number of pyridine rings is 1. The molecule has 0 fully saturated rings. The van der Waals surface area contributed by atoms with Crippen molar-refractivity contribution >= 4 is 0 Å². The van der Waals surface area contributed by atoms with E-state index in [0.29, 0.717) is 17.9 Å². The van der Waals surface area contributed by atoms with Gasteiger partial charge in [-0.05, 0) is 12.1 Å². The quantitative estimate of drug-likeness (QED) is 0.702. The van der Waals surface area contributed by atoms with E-state index in [9.17, 15) is 0 Å². The van der Waals surface area contributed by atoms with Crippen molar-refractivity contribution in [2.24, 2.45) is 0 Å². The van der Waals surface area contributed by atoms with E-state index in [2.05, 4.69) is 22.1 Å². The Kier molecular flexibility index (Phi) is 2.67. The second-order valence-electron chi connectivity index (χ2n) is 3.13. The molecule has 2 rings (SSSR count). The van der Waals surface area contributed by atoms with E-state index in [1.54, 1.807) is 18.5 Å². The highest BCUT2D eigenvalue weighted by Crippen LogP contribution is 2.17. The van der Waals surface area contributed by atoms with Crippen molar-refractivity contribution in [2.45, 2.75) is 6.54 Å². The van der Waals surface area contributed by atoms with Crippen molar-refractivity contribution in [2.75, 3.05) is 0 Å². The standard InChI is InChI=1S/C12H8N4/c1-2-6-16-11(8-13)7-12(15-16)10-4-3-5-14-9-10/h1,3-5,7,9H,6H2. The maximum Gasteiger partial charge on any atom is 0.140 e. The molecule has 0 unspecified atom stereocenters. The fourth-order valence-electron chi connectivity index (χ4n) is 1.37. The van der Waals surface area contributed by atoms with E-state index in [1.165, 1.54) is 4.68 Å². The normalized spacial score (nSPS) is 9.38. The molecule has 0 aliphatic carbocycles. The summed E-state index contributed by atoms with van der Waals surface area (Å²) in [5.41, 5.74) is 2.03. The van der Waals surface area contributed by atoms with Crippen LogP contribution in [0.5, 0.6) is 0 Å². The number of rotatable bonds is 2. The van der Waals surface area contributed by atoms with Crippen LogP contribution in [0.15, 0.2) is 30.6 Å². The lowest BCUT2D eigenvalue weighted by atomic mass is 10.2. The summed E-state index contributed by atoms with van der Waals surface area (Å²) in [5.74, 6) is 2.46. The molecule has 0 aliphatic rings. The van der Waals surface area contributed by atoms with Crippen LogP contribution in [-0.4, -0.2) is 14.8 Å². The second kappa shape index (κ2) is 4.29. The van der Waals surface area contributed by atoms with Gasteiger partial charge in [-0.1, -0.05) is 5.92 Å². The number of nitrogens with zero attached hydrogens (tertiary/aromatic N) is 4. The second-order valence-corrected chi connectivity index (χ2v) is 3.13. The zero-order valence-electron chi connectivity index (χ0n) is 8.46. The van der Waals surface area contributed by atoms with Crippen LogP contribution in [0.3, 0.4) is 0 Å². The van der Waals surface area contributed by atoms with E-state index in [4.69, 9.17) is 11.7 Å². The number of nitriles is 1. The lowest BCUT2D eigenvalue weighted by Crippen LogP contribution is -2.00. The largest absolute Gasteiger partial charge is 0.264 e. The van der Waals surface area contributed by atoms with E-state index in [1.807, 2.05) is 12.1 Å². The summed E-state index contributed by atoms with van der Waals surface area (Å²) in [6.45, 7) is 0.295. The number of aromatic nitrogens is 3. The van der Waals surface area contributed by atoms with Crippen LogP contribution in [0.1, 0.15) is 5.69 Å². The predicted molar refractivity (Wildman–Crippen MR) is 59.0 cm³/mol. The van der Waals surface area contributed by atoms with Gasteiger partial charge in [0.1, 0.15) is 18.3 Å². The molecule has 0 amide bonds. The van der Waals surface area contributed by atoms with E-state index in [0.717, 1.165) is 5.56 Å². The van der Waals surface area contributed by atoms with Gasteiger partial charge >= 0.3 is 0 Å². The van der Waals surface area contributed by atoms with Crippen molar-refractivity contribution in [3.05, 3.63) is 36.3 Å². The molecule has 0 aromatic carbocycles. The maximum atomic E-state index is 8.91. The van der Waals surface area contributed by atoms with Gasteiger partial charge < -0.3 is 0 Å². The van der Waals surface area contributed by atoms with Crippen molar-refractivity contribution in [3.8, 4) is 29.7 Å². The molecule has 0 aliphatic heterocycles. The lowest BCUT2D eigenvalue weighted by molar-refractivity contribution is 0.708. The molecule has 2 heterocycles. The Morgan fingerprint density at radius 3 is 3.00 bits per heavy atom. The molecular weight excluding hydrogens is 200 g/mol. The molecule has 16 heavy (non-hydrogen) atoms. The Labute approximate surface area is 93.2 Å². The van der Waals surface area contributed by atoms with Gasteiger partial charge in [0.25, 0.3) is 0 Å². The Morgan fingerprint density at radius 1 is 1.50 bits per heavy atom. The highest BCUT2D eigenvalue weighted by atomic mass is 15.3. The van der Waals surface area contributed by atoms with Crippen molar-refractivity contribution in [1.82, 2.24) is 14.8 Å². The SMILES string of the molecule is C#CCn1nc(-c2cccnc2)cc1C#N. The number of hydrogen-bond donors (Lipinski definition) is 0. The van der Waals surface area contributed by atoms with Gasteiger partial charge in [-0.3, -0.25) is 4.98 Å². The van der Waals surface area contributed by atoms with Gasteiger partial charge in [-0.25, -0.2) is 4.68 Å². The Hall–Kier alpha value is -2.59. The van der Waals surface area contributed by atoms with Crippen molar-refractivity contribution in [1.29, 1.82) is 5.26 Å². The first-order chi connectivity index (χ1) is 7.85. The summed E-state index contributed by atoms with van der Waals surface area (Å²) < 4.78 is 1.50. The molecule has 2 aromatic rings. The summed E-state index contributed by atoms with van der Waals surface area (Å²) in [7, 11) is 0. The first-order valence-electron chi connectivity index (χ1n) is 4.67. The summed E-state index contributed by atoms with van der Waals surface area (Å²) in [4.78, 5) is 4.00. The smallest absolute Gasteiger partial charge is 0.140 e. The van der Waals surface area contributed by atoms with Crippen LogP contribution in [0.2, 0.25) is 0 Å². The highest BCUT2D eigenvalue weighted by molar-refractivity contribution is 5.58. The van der Waals surface area contributed by atoms with Gasteiger partial charge in [0, 0.05) is 24.0 Å². The summed E-state index contributed by atoms with van der Waals surface area (Å²) in [6.07, 6.45) is 8.59. The van der Waals surface area contributed by atoms with Crippen molar-refractivity contribution in [3.63, 3.8) is 0 Å². The topological polar surface area (TPSA) is 54.5 Å². The zero-order valence-corrected chi connectivity index (χ0v) is 8.46. The van der Waals surface area contributed by atoms with Crippen LogP contribution in [-0.2, 0) is 6.54 Å². The molecule has 0 atom stereocenters. The third-order valence-corrected chi connectivity index (χ3v) is 2.09. The molecule has 2 aromatic heterocycles. The third-order valence-electron chi connectivity index (χ3n) is 2.09. The first-order valence-corrected chi connectivity index (χ1v) is 4.67. The molecule has 4 heteroatoms. The fourth-order valence-corrected chi connectivity index (χ4v) is 1.37. The average Bonchev–Trinajstić information content (AvgIpc) is 2.74. The molecule has 0 radical (unpaired) electrons. The van der Waals surface area contributed by atoms with Crippen LogP contribution in [0.4, 0.5) is 0 Å². The molecule has 4 nitrogen and oxygen atoms in total. The molecule has 76 valence electrons. The van der Waals surface area contributed by atoms with E-state index < -0.39 is 0 Å². The van der Waals surface area contributed by atoms with Gasteiger partial charge in [0.2, 0.25) is 0 Å². The summed E-state index contributed by atoms with van der Waals surface area (Å²) >= 11 is 0. The molecular formula is C12H8N4. The monoisotopic (exact) mass is 208 g/mol. The molecule has 0 bridgehead atoms.